The van der Waals surface area contributed by atoms with Crippen molar-refractivity contribution in [1.82, 2.24) is 0 Å². The summed E-state index contributed by atoms with van der Waals surface area (Å²) in [4.78, 5) is 12.2. The quantitative estimate of drug-likeness (QED) is 0.847. The van der Waals surface area contributed by atoms with Crippen LogP contribution in [0.4, 0.5) is 11.4 Å². The van der Waals surface area contributed by atoms with E-state index in [0.29, 0.717) is 15.7 Å². The van der Waals surface area contributed by atoms with E-state index < -0.39 is 6.04 Å². The molecule has 2 aromatic rings. The molecule has 0 aromatic heterocycles. The standard InChI is InChI=1S/C16H16Cl2N2O2/c1-10(19-12-4-6-13(22-2)7-5-12)16(21)20-15-8-3-11(17)9-14(15)18/h3-10,19H,1-2H3,(H,20,21)/t10-/m1/s1. The van der Waals surface area contributed by atoms with Crippen LogP contribution in [0.15, 0.2) is 42.5 Å². The van der Waals surface area contributed by atoms with E-state index in [1.165, 1.54) is 0 Å². The third kappa shape index (κ3) is 4.29. The first-order valence-corrected chi connectivity index (χ1v) is 7.41. The molecular weight excluding hydrogens is 323 g/mol. The number of amides is 1. The number of nitrogens with one attached hydrogen (secondary N) is 2. The summed E-state index contributed by atoms with van der Waals surface area (Å²) >= 11 is 11.9. The summed E-state index contributed by atoms with van der Waals surface area (Å²) in [6.07, 6.45) is 0. The fraction of sp³-hybridized carbons (Fsp3) is 0.188. The second-order valence-electron chi connectivity index (χ2n) is 4.71. The van der Waals surface area contributed by atoms with Crippen LogP contribution in [0.1, 0.15) is 6.92 Å². The molecule has 0 unspecified atom stereocenters. The second-order valence-corrected chi connectivity index (χ2v) is 5.55. The van der Waals surface area contributed by atoms with Crippen molar-refractivity contribution in [1.29, 1.82) is 0 Å². The fourth-order valence-corrected chi connectivity index (χ4v) is 2.29. The maximum absolute atomic E-state index is 12.2. The van der Waals surface area contributed by atoms with E-state index in [0.717, 1.165) is 11.4 Å². The van der Waals surface area contributed by atoms with Crippen molar-refractivity contribution < 1.29 is 9.53 Å². The van der Waals surface area contributed by atoms with Crippen LogP contribution in [-0.4, -0.2) is 19.1 Å². The van der Waals surface area contributed by atoms with Crippen molar-refractivity contribution in [3.05, 3.63) is 52.5 Å². The van der Waals surface area contributed by atoms with Crippen LogP contribution in [0.3, 0.4) is 0 Å². The second kappa shape index (κ2) is 7.38. The zero-order valence-electron chi connectivity index (χ0n) is 12.2. The van der Waals surface area contributed by atoms with Gasteiger partial charge in [0.25, 0.3) is 0 Å². The number of ether oxygens (including phenoxy) is 1. The predicted octanol–water partition coefficient (Wildman–Crippen LogP) is 4.44. The van der Waals surface area contributed by atoms with Gasteiger partial charge in [-0.1, -0.05) is 23.2 Å². The largest absolute Gasteiger partial charge is 0.497 e. The first-order chi connectivity index (χ1) is 10.5. The molecule has 0 spiro atoms. The summed E-state index contributed by atoms with van der Waals surface area (Å²) in [7, 11) is 1.61. The van der Waals surface area contributed by atoms with Crippen LogP contribution >= 0.6 is 23.2 Å². The van der Waals surface area contributed by atoms with Crippen LogP contribution in [0.2, 0.25) is 10.0 Å². The van der Waals surface area contributed by atoms with Gasteiger partial charge in [-0.25, -0.2) is 0 Å². The minimum atomic E-state index is -0.430. The first kappa shape index (κ1) is 16.5. The molecule has 0 saturated carbocycles. The van der Waals surface area contributed by atoms with Gasteiger partial charge in [0.2, 0.25) is 5.91 Å². The molecule has 0 aliphatic rings. The number of halogens is 2. The molecule has 2 rings (SSSR count). The highest BCUT2D eigenvalue weighted by molar-refractivity contribution is 6.36. The van der Waals surface area contributed by atoms with Gasteiger partial charge in [-0.15, -0.1) is 0 Å². The number of anilines is 2. The van der Waals surface area contributed by atoms with Crippen LogP contribution in [0.25, 0.3) is 0 Å². The van der Waals surface area contributed by atoms with Crippen molar-refractivity contribution in [3.8, 4) is 5.75 Å². The molecule has 6 heteroatoms. The zero-order valence-corrected chi connectivity index (χ0v) is 13.7. The Morgan fingerprint density at radius 1 is 1.14 bits per heavy atom. The van der Waals surface area contributed by atoms with E-state index in [1.54, 1.807) is 32.2 Å². The maximum Gasteiger partial charge on any atom is 0.246 e. The van der Waals surface area contributed by atoms with Gasteiger partial charge in [-0.3, -0.25) is 4.79 Å². The van der Waals surface area contributed by atoms with Gasteiger partial charge in [-0.2, -0.15) is 0 Å². The van der Waals surface area contributed by atoms with Crippen molar-refractivity contribution in [3.63, 3.8) is 0 Å². The minimum Gasteiger partial charge on any atom is -0.497 e. The van der Waals surface area contributed by atoms with Gasteiger partial charge in [0.15, 0.2) is 0 Å². The van der Waals surface area contributed by atoms with Crippen molar-refractivity contribution in [2.75, 3.05) is 17.7 Å². The summed E-state index contributed by atoms with van der Waals surface area (Å²) < 4.78 is 5.09. The number of carbonyl (C=O) groups excluding carboxylic acids is 1. The molecule has 0 radical (unpaired) electrons. The Hall–Kier alpha value is -1.91. The van der Waals surface area contributed by atoms with Crippen LogP contribution in [-0.2, 0) is 4.79 Å². The van der Waals surface area contributed by atoms with Crippen LogP contribution < -0.4 is 15.4 Å². The highest BCUT2D eigenvalue weighted by atomic mass is 35.5. The van der Waals surface area contributed by atoms with E-state index in [-0.39, 0.29) is 5.91 Å². The molecule has 0 bridgehead atoms. The van der Waals surface area contributed by atoms with Gasteiger partial charge < -0.3 is 15.4 Å². The van der Waals surface area contributed by atoms with Gasteiger partial charge in [0, 0.05) is 10.7 Å². The van der Waals surface area contributed by atoms with Gasteiger partial charge >= 0.3 is 0 Å². The number of hydrogen-bond acceptors (Lipinski definition) is 3. The average molecular weight is 339 g/mol. The van der Waals surface area contributed by atoms with Crippen molar-refractivity contribution >= 4 is 40.5 Å². The van der Waals surface area contributed by atoms with E-state index in [4.69, 9.17) is 27.9 Å². The number of carbonyl (C=O) groups is 1. The van der Waals surface area contributed by atoms with E-state index in [9.17, 15) is 4.79 Å². The summed E-state index contributed by atoms with van der Waals surface area (Å²) in [6, 6.07) is 11.8. The Labute approximate surface area is 139 Å². The Morgan fingerprint density at radius 2 is 1.82 bits per heavy atom. The molecule has 4 nitrogen and oxygen atoms in total. The topological polar surface area (TPSA) is 50.4 Å². The van der Waals surface area contributed by atoms with Crippen LogP contribution in [0.5, 0.6) is 5.75 Å². The molecule has 0 aliphatic heterocycles. The smallest absolute Gasteiger partial charge is 0.246 e. The molecule has 1 atom stereocenters. The van der Waals surface area contributed by atoms with Crippen molar-refractivity contribution in [2.24, 2.45) is 0 Å². The van der Waals surface area contributed by atoms with Gasteiger partial charge in [0.1, 0.15) is 11.8 Å². The van der Waals surface area contributed by atoms with Crippen LogP contribution in [0, 0.1) is 0 Å². The molecule has 22 heavy (non-hydrogen) atoms. The minimum absolute atomic E-state index is 0.194. The predicted molar refractivity (Wildman–Crippen MR) is 91.2 cm³/mol. The summed E-state index contributed by atoms with van der Waals surface area (Å²) in [5.41, 5.74) is 1.35. The molecule has 0 heterocycles. The Morgan fingerprint density at radius 3 is 2.41 bits per heavy atom. The lowest BCUT2D eigenvalue weighted by molar-refractivity contribution is -0.116. The SMILES string of the molecule is COc1ccc(N[C@H](C)C(=O)Nc2ccc(Cl)cc2Cl)cc1. The third-order valence-electron chi connectivity index (χ3n) is 3.06. The number of rotatable bonds is 5. The molecular formula is C16H16Cl2N2O2. The molecule has 1 amide bonds. The number of hydrogen-bond donors (Lipinski definition) is 2. The summed E-state index contributed by atoms with van der Waals surface area (Å²) in [6.45, 7) is 1.77. The molecule has 0 fully saturated rings. The lowest BCUT2D eigenvalue weighted by Crippen LogP contribution is -2.31. The maximum atomic E-state index is 12.2. The summed E-state index contributed by atoms with van der Waals surface area (Å²) in [5, 5.41) is 6.79. The molecule has 0 aliphatic carbocycles. The highest BCUT2D eigenvalue weighted by Gasteiger charge is 2.14. The molecule has 2 aromatic carbocycles. The fourth-order valence-electron chi connectivity index (χ4n) is 1.83. The Bertz CT molecular complexity index is 660. The lowest BCUT2D eigenvalue weighted by Gasteiger charge is -2.16. The average Bonchev–Trinajstić information content (AvgIpc) is 2.50. The van der Waals surface area contributed by atoms with E-state index in [2.05, 4.69) is 10.6 Å². The third-order valence-corrected chi connectivity index (χ3v) is 3.60. The van der Waals surface area contributed by atoms with E-state index >= 15 is 0 Å². The Kier molecular flexibility index (Phi) is 5.52. The molecule has 2 N–H and O–H groups in total. The Balaban J connectivity index is 1.99. The van der Waals surface area contributed by atoms with Crippen molar-refractivity contribution in [2.45, 2.75) is 13.0 Å². The zero-order chi connectivity index (χ0) is 16.1. The van der Waals surface area contributed by atoms with Gasteiger partial charge in [0.05, 0.1) is 17.8 Å². The number of benzene rings is 2. The first-order valence-electron chi connectivity index (χ1n) is 6.66. The highest BCUT2D eigenvalue weighted by Crippen LogP contribution is 2.25. The molecule has 0 saturated heterocycles. The van der Waals surface area contributed by atoms with E-state index in [1.807, 2.05) is 24.3 Å². The lowest BCUT2D eigenvalue weighted by atomic mass is 10.2. The number of methoxy groups -OCH3 is 1. The monoisotopic (exact) mass is 338 g/mol. The normalized spacial score (nSPS) is 11.6. The molecule has 116 valence electrons. The summed E-state index contributed by atoms with van der Waals surface area (Å²) in [5.74, 6) is 0.565. The van der Waals surface area contributed by atoms with Gasteiger partial charge in [-0.05, 0) is 49.4 Å².